The van der Waals surface area contributed by atoms with Crippen molar-refractivity contribution in [2.45, 2.75) is 31.4 Å². The number of aliphatic hydroxyl groups is 1. The number of rotatable bonds is 3. The first kappa shape index (κ1) is 8.41. The SMILES string of the molecule is CC1CSC(CCCO)C1. The fraction of sp³-hybridized carbons (Fsp3) is 1.00. The Labute approximate surface area is 67.2 Å². The molecule has 1 saturated heterocycles. The van der Waals surface area contributed by atoms with Gasteiger partial charge in [0.25, 0.3) is 0 Å². The number of hydrogen-bond acceptors (Lipinski definition) is 2. The molecule has 60 valence electrons. The molecule has 1 heterocycles. The van der Waals surface area contributed by atoms with Gasteiger partial charge in [-0.25, -0.2) is 0 Å². The van der Waals surface area contributed by atoms with Crippen molar-refractivity contribution < 1.29 is 5.11 Å². The van der Waals surface area contributed by atoms with E-state index in [1.54, 1.807) is 0 Å². The zero-order valence-corrected chi connectivity index (χ0v) is 7.36. The van der Waals surface area contributed by atoms with Crippen molar-refractivity contribution >= 4 is 11.8 Å². The first-order valence-corrected chi connectivity index (χ1v) is 5.10. The summed E-state index contributed by atoms with van der Waals surface area (Å²) in [7, 11) is 0. The van der Waals surface area contributed by atoms with Crippen LogP contribution >= 0.6 is 11.8 Å². The molecule has 1 aliphatic heterocycles. The summed E-state index contributed by atoms with van der Waals surface area (Å²) in [6.45, 7) is 2.68. The highest BCUT2D eigenvalue weighted by Crippen LogP contribution is 2.33. The Morgan fingerprint density at radius 2 is 2.40 bits per heavy atom. The first-order valence-electron chi connectivity index (χ1n) is 4.05. The molecule has 2 heteroatoms. The van der Waals surface area contributed by atoms with Crippen LogP contribution in [-0.2, 0) is 0 Å². The van der Waals surface area contributed by atoms with E-state index >= 15 is 0 Å². The maximum atomic E-state index is 8.58. The van der Waals surface area contributed by atoms with Crippen molar-refractivity contribution in [2.75, 3.05) is 12.4 Å². The van der Waals surface area contributed by atoms with Crippen LogP contribution in [0.3, 0.4) is 0 Å². The van der Waals surface area contributed by atoms with E-state index in [9.17, 15) is 0 Å². The Morgan fingerprint density at radius 3 is 2.90 bits per heavy atom. The van der Waals surface area contributed by atoms with Crippen LogP contribution in [0.2, 0.25) is 0 Å². The van der Waals surface area contributed by atoms with E-state index in [1.165, 1.54) is 18.6 Å². The predicted octanol–water partition coefficient (Wildman–Crippen LogP) is 1.90. The summed E-state index contributed by atoms with van der Waals surface area (Å²) in [6.07, 6.45) is 3.57. The van der Waals surface area contributed by atoms with Crippen LogP contribution in [0.5, 0.6) is 0 Å². The summed E-state index contributed by atoms with van der Waals surface area (Å²) >= 11 is 2.08. The zero-order valence-electron chi connectivity index (χ0n) is 6.55. The van der Waals surface area contributed by atoms with E-state index < -0.39 is 0 Å². The standard InChI is InChI=1S/C8H16OS/c1-7-5-8(10-6-7)3-2-4-9/h7-9H,2-6H2,1H3. The topological polar surface area (TPSA) is 20.2 Å². The summed E-state index contributed by atoms with van der Waals surface area (Å²) in [4.78, 5) is 0. The molecule has 0 amide bonds. The third kappa shape index (κ3) is 2.51. The van der Waals surface area contributed by atoms with Crippen molar-refractivity contribution in [3.05, 3.63) is 0 Å². The van der Waals surface area contributed by atoms with E-state index in [-0.39, 0.29) is 0 Å². The Kier molecular flexibility index (Phi) is 3.57. The summed E-state index contributed by atoms with van der Waals surface area (Å²) < 4.78 is 0. The van der Waals surface area contributed by atoms with Gasteiger partial charge in [-0.15, -0.1) is 0 Å². The summed E-state index contributed by atoms with van der Waals surface area (Å²) in [6, 6.07) is 0. The van der Waals surface area contributed by atoms with E-state index in [2.05, 4.69) is 18.7 Å². The lowest BCUT2D eigenvalue weighted by Gasteiger charge is -2.05. The minimum absolute atomic E-state index is 0.367. The lowest BCUT2D eigenvalue weighted by molar-refractivity contribution is 0.283. The number of thioether (sulfide) groups is 1. The Balaban J connectivity index is 2.06. The fourth-order valence-electron chi connectivity index (χ4n) is 1.41. The van der Waals surface area contributed by atoms with Crippen molar-refractivity contribution in [2.24, 2.45) is 5.92 Å². The number of aliphatic hydroxyl groups excluding tert-OH is 1. The van der Waals surface area contributed by atoms with Crippen LogP contribution in [0, 0.1) is 5.92 Å². The molecule has 1 aliphatic rings. The molecule has 1 rings (SSSR count). The van der Waals surface area contributed by atoms with E-state index in [1.807, 2.05) is 0 Å². The van der Waals surface area contributed by atoms with Crippen LogP contribution in [0.1, 0.15) is 26.2 Å². The second-order valence-electron chi connectivity index (χ2n) is 3.16. The Bertz CT molecular complexity index is 95.3. The summed E-state index contributed by atoms with van der Waals surface area (Å²) in [5.74, 6) is 2.24. The average Bonchev–Trinajstić information content (AvgIpc) is 2.31. The zero-order chi connectivity index (χ0) is 7.40. The first-order chi connectivity index (χ1) is 4.83. The highest BCUT2D eigenvalue weighted by Gasteiger charge is 2.20. The molecular formula is C8H16OS. The average molecular weight is 160 g/mol. The molecule has 0 bridgehead atoms. The van der Waals surface area contributed by atoms with Gasteiger partial charge in [0.15, 0.2) is 0 Å². The van der Waals surface area contributed by atoms with Gasteiger partial charge in [0.2, 0.25) is 0 Å². The summed E-state index contributed by atoms with van der Waals surface area (Å²) in [5, 5.41) is 9.43. The molecular weight excluding hydrogens is 144 g/mol. The second-order valence-corrected chi connectivity index (χ2v) is 4.50. The quantitative estimate of drug-likeness (QED) is 0.680. The summed E-state index contributed by atoms with van der Waals surface area (Å²) in [5.41, 5.74) is 0. The van der Waals surface area contributed by atoms with Crippen LogP contribution < -0.4 is 0 Å². The van der Waals surface area contributed by atoms with Gasteiger partial charge in [0.1, 0.15) is 0 Å². The fourth-order valence-corrected chi connectivity index (χ4v) is 2.94. The van der Waals surface area contributed by atoms with Gasteiger partial charge < -0.3 is 5.11 Å². The third-order valence-electron chi connectivity index (χ3n) is 1.97. The molecule has 0 saturated carbocycles. The van der Waals surface area contributed by atoms with E-state index in [0.717, 1.165) is 17.6 Å². The molecule has 0 aromatic carbocycles. The van der Waals surface area contributed by atoms with E-state index in [4.69, 9.17) is 5.11 Å². The predicted molar refractivity (Wildman–Crippen MR) is 46.3 cm³/mol. The molecule has 0 aromatic rings. The van der Waals surface area contributed by atoms with E-state index in [0.29, 0.717) is 6.61 Å². The van der Waals surface area contributed by atoms with Gasteiger partial charge in [-0.1, -0.05) is 6.92 Å². The Morgan fingerprint density at radius 1 is 1.60 bits per heavy atom. The van der Waals surface area contributed by atoms with Gasteiger partial charge in [-0.05, 0) is 30.9 Å². The Hall–Kier alpha value is 0.310. The molecule has 2 atom stereocenters. The third-order valence-corrected chi connectivity index (χ3v) is 3.63. The molecule has 1 nitrogen and oxygen atoms in total. The van der Waals surface area contributed by atoms with Crippen LogP contribution in [0.25, 0.3) is 0 Å². The van der Waals surface area contributed by atoms with Crippen molar-refractivity contribution in [1.82, 2.24) is 0 Å². The number of hydrogen-bond donors (Lipinski definition) is 1. The normalized spacial score (nSPS) is 33.0. The van der Waals surface area contributed by atoms with Gasteiger partial charge in [-0.3, -0.25) is 0 Å². The largest absolute Gasteiger partial charge is 0.396 e. The minimum Gasteiger partial charge on any atom is -0.396 e. The second kappa shape index (κ2) is 4.24. The van der Waals surface area contributed by atoms with Gasteiger partial charge in [0.05, 0.1) is 0 Å². The van der Waals surface area contributed by atoms with Crippen LogP contribution in [0.4, 0.5) is 0 Å². The lowest BCUT2D eigenvalue weighted by atomic mass is 10.1. The van der Waals surface area contributed by atoms with Gasteiger partial charge >= 0.3 is 0 Å². The van der Waals surface area contributed by atoms with Crippen molar-refractivity contribution in [3.8, 4) is 0 Å². The minimum atomic E-state index is 0.367. The molecule has 0 aromatic heterocycles. The molecule has 0 aliphatic carbocycles. The van der Waals surface area contributed by atoms with Crippen molar-refractivity contribution in [3.63, 3.8) is 0 Å². The van der Waals surface area contributed by atoms with Gasteiger partial charge in [0, 0.05) is 11.9 Å². The maximum Gasteiger partial charge on any atom is 0.0431 e. The van der Waals surface area contributed by atoms with Crippen molar-refractivity contribution in [1.29, 1.82) is 0 Å². The molecule has 2 unspecified atom stereocenters. The highest BCUT2D eigenvalue weighted by atomic mass is 32.2. The highest BCUT2D eigenvalue weighted by molar-refractivity contribution is 8.00. The lowest BCUT2D eigenvalue weighted by Crippen LogP contribution is -1.99. The molecule has 0 spiro atoms. The smallest absolute Gasteiger partial charge is 0.0431 e. The molecule has 1 fully saturated rings. The molecule has 1 N–H and O–H groups in total. The van der Waals surface area contributed by atoms with Crippen LogP contribution in [0.15, 0.2) is 0 Å². The van der Waals surface area contributed by atoms with Gasteiger partial charge in [-0.2, -0.15) is 11.8 Å². The molecule has 0 radical (unpaired) electrons. The molecule has 10 heavy (non-hydrogen) atoms. The monoisotopic (exact) mass is 160 g/mol. The maximum absolute atomic E-state index is 8.58. The van der Waals surface area contributed by atoms with Crippen LogP contribution in [-0.4, -0.2) is 22.7 Å².